The van der Waals surface area contributed by atoms with E-state index in [9.17, 15) is 9.59 Å². The lowest BCUT2D eigenvalue weighted by molar-refractivity contribution is -0.121. The molecule has 32 heavy (non-hydrogen) atoms. The first-order chi connectivity index (χ1) is 15.6. The van der Waals surface area contributed by atoms with Gasteiger partial charge in [-0.05, 0) is 67.4 Å². The Balaban J connectivity index is 1.36. The van der Waals surface area contributed by atoms with E-state index in [4.69, 9.17) is 21.1 Å². The van der Waals surface area contributed by atoms with Gasteiger partial charge in [0.15, 0.2) is 6.61 Å². The summed E-state index contributed by atoms with van der Waals surface area (Å²) in [7, 11) is 0. The number of ether oxygens (including phenoxy) is 2. The molecule has 0 saturated carbocycles. The normalized spacial score (nSPS) is 12.7. The molecule has 2 amide bonds. The maximum absolute atomic E-state index is 12.5. The number of fused-ring (bicyclic) bond motifs is 1. The van der Waals surface area contributed by atoms with Crippen molar-refractivity contribution < 1.29 is 19.1 Å². The molecule has 1 aliphatic rings. The fraction of sp³-hybridized carbons (Fsp3) is 0.200. The third kappa shape index (κ3) is 5.39. The van der Waals surface area contributed by atoms with Gasteiger partial charge in [0.1, 0.15) is 11.5 Å². The lowest BCUT2D eigenvalue weighted by Gasteiger charge is -2.30. The van der Waals surface area contributed by atoms with Gasteiger partial charge in [-0.2, -0.15) is 0 Å². The number of amides is 2. The van der Waals surface area contributed by atoms with Crippen LogP contribution in [0.5, 0.6) is 11.5 Å². The molecule has 0 fully saturated rings. The molecular formula is C25H23ClN2O4. The van der Waals surface area contributed by atoms with Crippen molar-refractivity contribution >= 4 is 34.8 Å². The summed E-state index contributed by atoms with van der Waals surface area (Å²) in [6.45, 7) is 1.08. The summed E-state index contributed by atoms with van der Waals surface area (Å²) < 4.78 is 11.3. The molecule has 6 nitrogen and oxygen atoms in total. The number of hydrogen-bond donors (Lipinski definition) is 1. The first-order valence-corrected chi connectivity index (χ1v) is 10.8. The molecule has 0 aromatic heterocycles. The van der Waals surface area contributed by atoms with Crippen LogP contribution in [0.1, 0.15) is 23.2 Å². The average Bonchev–Trinajstić information content (AvgIpc) is 2.82. The van der Waals surface area contributed by atoms with Gasteiger partial charge < -0.3 is 19.7 Å². The van der Waals surface area contributed by atoms with Crippen LogP contribution in [0, 0.1) is 0 Å². The van der Waals surface area contributed by atoms with E-state index in [2.05, 4.69) is 5.32 Å². The van der Waals surface area contributed by atoms with Crippen molar-refractivity contribution in [2.24, 2.45) is 0 Å². The van der Waals surface area contributed by atoms with Crippen molar-refractivity contribution in [3.8, 4) is 11.5 Å². The Morgan fingerprint density at radius 2 is 1.81 bits per heavy atom. The van der Waals surface area contributed by atoms with E-state index in [1.807, 2.05) is 30.3 Å². The maximum atomic E-state index is 12.5. The number of rotatable bonds is 8. The Labute approximate surface area is 191 Å². The second-order valence-corrected chi connectivity index (χ2v) is 7.78. The van der Waals surface area contributed by atoms with Crippen LogP contribution in [0.2, 0.25) is 5.02 Å². The van der Waals surface area contributed by atoms with Crippen LogP contribution in [0.4, 0.5) is 11.4 Å². The van der Waals surface area contributed by atoms with Gasteiger partial charge in [-0.15, -0.1) is 0 Å². The number of nitrogens with zero attached hydrogens (tertiary/aromatic N) is 1. The number of hydrogen-bond acceptors (Lipinski definition) is 4. The van der Waals surface area contributed by atoms with Gasteiger partial charge in [0.05, 0.1) is 12.3 Å². The number of unbranched alkanes of at least 4 members (excludes halogenated alkanes) is 1. The van der Waals surface area contributed by atoms with E-state index in [-0.39, 0.29) is 18.4 Å². The summed E-state index contributed by atoms with van der Waals surface area (Å²) in [5, 5.41) is 3.55. The molecule has 0 aliphatic carbocycles. The molecule has 0 spiro atoms. The Morgan fingerprint density at radius 1 is 1.03 bits per heavy atom. The molecule has 3 aromatic carbocycles. The number of benzene rings is 3. The molecule has 0 unspecified atom stereocenters. The van der Waals surface area contributed by atoms with Crippen LogP contribution >= 0.6 is 11.6 Å². The van der Waals surface area contributed by atoms with Gasteiger partial charge in [0, 0.05) is 22.8 Å². The van der Waals surface area contributed by atoms with Gasteiger partial charge >= 0.3 is 0 Å². The molecule has 1 aliphatic heterocycles. The Kier molecular flexibility index (Phi) is 6.92. The zero-order valence-electron chi connectivity index (χ0n) is 17.4. The topological polar surface area (TPSA) is 67.9 Å². The highest BCUT2D eigenvalue weighted by molar-refractivity contribution is 6.30. The Bertz CT molecular complexity index is 1090. The minimum Gasteiger partial charge on any atom is -0.494 e. The molecule has 164 valence electrons. The first-order valence-electron chi connectivity index (χ1n) is 10.4. The fourth-order valence-corrected chi connectivity index (χ4v) is 3.54. The van der Waals surface area contributed by atoms with Crippen molar-refractivity contribution in [1.82, 2.24) is 0 Å². The first kappa shape index (κ1) is 21.7. The monoisotopic (exact) mass is 450 g/mol. The maximum Gasteiger partial charge on any atom is 0.265 e. The van der Waals surface area contributed by atoms with Crippen molar-refractivity contribution in [1.29, 1.82) is 0 Å². The Morgan fingerprint density at radius 3 is 2.59 bits per heavy atom. The molecule has 0 saturated heterocycles. The molecule has 0 atom stereocenters. The van der Waals surface area contributed by atoms with E-state index in [0.717, 1.165) is 18.6 Å². The zero-order chi connectivity index (χ0) is 22.3. The van der Waals surface area contributed by atoms with E-state index < -0.39 is 0 Å². The van der Waals surface area contributed by atoms with Crippen LogP contribution in [-0.2, 0) is 4.79 Å². The predicted octanol–water partition coefficient (Wildman–Crippen LogP) is 5.18. The Hall–Kier alpha value is -3.51. The molecule has 0 bridgehead atoms. The fourth-order valence-electron chi connectivity index (χ4n) is 3.41. The third-order valence-electron chi connectivity index (χ3n) is 5.05. The van der Waals surface area contributed by atoms with Crippen LogP contribution in [0.3, 0.4) is 0 Å². The summed E-state index contributed by atoms with van der Waals surface area (Å²) >= 11 is 5.88. The standard InChI is InChI=1S/C25H23ClN2O4/c26-19-8-11-21(12-9-19)31-15-5-4-14-28-22-16-20(10-13-23(22)32-17-24(28)29)27-25(30)18-6-2-1-3-7-18/h1-3,6-13,16H,4-5,14-15,17H2,(H,27,30). The van der Waals surface area contributed by atoms with Crippen molar-refractivity contribution in [3.05, 3.63) is 83.4 Å². The zero-order valence-corrected chi connectivity index (χ0v) is 18.2. The second kappa shape index (κ2) is 10.2. The van der Waals surface area contributed by atoms with Crippen LogP contribution in [-0.4, -0.2) is 31.6 Å². The molecule has 1 heterocycles. The van der Waals surface area contributed by atoms with Crippen LogP contribution in [0.25, 0.3) is 0 Å². The van der Waals surface area contributed by atoms with Gasteiger partial charge in [-0.25, -0.2) is 0 Å². The molecule has 0 radical (unpaired) electrons. The summed E-state index contributed by atoms with van der Waals surface area (Å²) in [5.74, 6) is 1.07. The second-order valence-electron chi connectivity index (χ2n) is 7.35. The van der Waals surface area contributed by atoms with E-state index in [1.165, 1.54) is 0 Å². The lowest BCUT2D eigenvalue weighted by Crippen LogP contribution is -2.39. The van der Waals surface area contributed by atoms with Gasteiger partial charge in [-0.3, -0.25) is 9.59 Å². The summed E-state index contributed by atoms with van der Waals surface area (Å²) in [5.41, 5.74) is 1.83. The number of carbonyl (C=O) groups excluding carboxylic acids is 2. The number of anilines is 2. The average molecular weight is 451 g/mol. The minimum absolute atomic E-state index is 0.00396. The molecule has 7 heteroatoms. The highest BCUT2D eigenvalue weighted by Gasteiger charge is 2.25. The smallest absolute Gasteiger partial charge is 0.265 e. The summed E-state index contributed by atoms with van der Waals surface area (Å²) in [6.07, 6.45) is 1.55. The third-order valence-corrected chi connectivity index (χ3v) is 5.31. The summed E-state index contributed by atoms with van der Waals surface area (Å²) in [6, 6.07) is 21.5. The highest BCUT2D eigenvalue weighted by atomic mass is 35.5. The van der Waals surface area contributed by atoms with Crippen molar-refractivity contribution in [2.75, 3.05) is 30.0 Å². The number of carbonyl (C=O) groups is 2. The van der Waals surface area contributed by atoms with Crippen molar-refractivity contribution in [2.45, 2.75) is 12.8 Å². The molecule has 4 rings (SSSR count). The summed E-state index contributed by atoms with van der Waals surface area (Å²) in [4.78, 5) is 26.7. The quantitative estimate of drug-likeness (QED) is 0.480. The van der Waals surface area contributed by atoms with Gasteiger partial charge in [0.25, 0.3) is 11.8 Å². The SMILES string of the molecule is O=C(Nc1ccc2c(c1)N(CCCCOc1ccc(Cl)cc1)C(=O)CO2)c1ccccc1. The highest BCUT2D eigenvalue weighted by Crippen LogP contribution is 2.35. The molecule has 3 aromatic rings. The van der Waals surface area contributed by atoms with Crippen LogP contribution in [0.15, 0.2) is 72.8 Å². The number of halogens is 1. The van der Waals surface area contributed by atoms with E-state index in [0.29, 0.717) is 40.9 Å². The van der Waals surface area contributed by atoms with E-state index >= 15 is 0 Å². The molecule has 1 N–H and O–H groups in total. The molecular weight excluding hydrogens is 428 g/mol. The lowest BCUT2D eigenvalue weighted by atomic mass is 10.1. The van der Waals surface area contributed by atoms with Gasteiger partial charge in [-0.1, -0.05) is 29.8 Å². The van der Waals surface area contributed by atoms with Gasteiger partial charge in [0.2, 0.25) is 0 Å². The van der Waals surface area contributed by atoms with Crippen molar-refractivity contribution in [3.63, 3.8) is 0 Å². The van der Waals surface area contributed by atoms with Crippen LogP contribution < -0.4 is 19.7 Å². The largest absolute Gasteiger partial charge is 0.494 e. The number of nitrogens with one attached hydrogen (secondary N) is 1. The minimum atomic E-state index is -0.209. The predicted molar refractivity (Wildman–Crippen MR) is 125 cm³/mol. The van der Waals surface area contributed by atoms with E-state index in [1.54, 1.807) is 47.4 Å².